The normalized spacial score (nSPS) is 14.2. The molecule has 0 bridgehead atoms. The van der Waals surface area contributed by atoms with Crippen molar-refractivity contribution >= 4 is 9.84 Å². The van der Waals surface area contributed by atoms with Crippen molar-refractivity contribution in [1.82, 2.24) is 0 Å². The monoisotopic (exact) mass is 279 g/mol. The van der Waals surface area contributed by atoms with E-state index < -0.39 is 20.5 Å². The van der Waals surface area contributed by atoms with Crippen molar-refractivity contribution in [2.75, 3.05) is 0 Å². The van der Waals surface area contributed by atoms with Crippen LogP contribution in [0.4, 0.5) is 0 Å². The topological polar surface area (TPSA) is 57.9 Å². The highest BCUT2D eigenvalue weighted by atomic mass is 32.2. The lowest BCUT2D eigenvalue weighted by Crippen LogP contribution is -2.39. The van der Waals surface area contributed by atoms with Crippen LogP contribution in [0.3, 0.4) is 0 Å². The molecule has 1 atom stereocenters. The summed E-state index contributed by atoms with van der Waals surface area (Å²) in [5, 5.41) is 8.29. The molecular formula is C15H21NO2S. The van der Waals surface area contributed by atoms with Crippen LogP contribution in [0.15, 0.2) is 29.2 Å². The lowest BCUT2D eigenvalue weighted by atomic mass is 9.78. The van der Waals surface area contributed by atoms with Crippen LogP contribution >= 0.6 is 0 Å². The lowest BCUT2D eigenvalue weighted by molar-refractivity contribution is 0.258. The fraction of sp³-hybridized carbons (Fsp3) is 0.533. The second kappa shape index (κ2) is 5.34. The second-order valence-electron chi connectivity index (χ2n) is 5.84. The van der Waals surface area contributed by atoms with Crippen LogP contribution in [0.5, 0.6) is 0 Å². The first-order valence-electron chi connectivity index (χ1n) is 6.34. The summed E-state index contributed by atoms with van der Waals surface area (Å²) in [6.07, 6.45) is 0. The Morgan fingerprint density at radius 2 is 1.63 bits per heavy atom. The van der Waals surface area contributed by atoms with E-state index in [9.17, 15) is 13.7 Å². The summed E-state index contributed by atoms with van der Waals surface area (Å²) in [6.45, 7) is 9.44. The summed E-state index contributed by atoms with van der Waals surface area (Å²) in [6, 6.07) is 8.65. The first kappa shape index (κ1) is 15.7. The Balaban J connectivity index is 3.33. The number of nitrogens with zero attached hydrogens (tertiary/aromatic N) is 1. The Bertz CT molecular complexity index is 578. The van der Waals surface area contributed by atoms with Gasteiger partial charge in [0.25, 0.3) is 0 Å². The molecule has 0 heterocycles. The maximum atomic E-state index is 12.6. The van der Waals surface area contributed by atoms with Crippen molar-refractivity contribution in [2.24, 2.45) is 11.3 Å². The zero-order valence-electron chi connectivity index (χ0n) is 12.1. The summed E-state index contributed by atoms with van der Waals surface area (Å²) in [5.74, 6) is 0.0948. The molecule has 1 unspecified atom stereocenters. The Kier molecular flexibility index (Phi) is 4.42. The average Bonchev–Trinajstić information content (AvgIpc) is 2.29. The fourth-order valence-electron chi connectivity index (χ4n) is 1.80. The molecule has 104 valence electrons. The largest absolute Gasteiger partial charge is 0.222 e. The van der Waals surface area contributed by atoms with Gasteiger partial charge >= 0.3 is 0 Å². The summed E-state index contributed by atoms with van der Waals surface area (Å²) >= 11 is 0. The molecule has 0 fully saturated rings. The highest BCUT2D eigenvalue weighted by molar-refractivity contribution is 7.92. The van der Waals surface area contributed by atoms with Crippen LogP contribution in [0.25, 0.3) is 0 Å². The zero-order chi connectivity index (χ0) is 14.8. The molecule has 0 amide bonds. The Morgan fingerprint density at radius 3 is 2.00 bits per heavy atom. The molecule has 1 rings (SSSR count). The van der Waals surface area contributed by atoms with Gasteiger partial charge in [-0.2, -0.15) is 5.26 Å². The second-order valence-corrected chi connectivity index (χ2v) is 7.88. The quantitative estimate of drug-likeness (QED) is 0.849. The number of hydrogen-bond donors (Lipinski definition) is 0. The third-order valence-electron chi connectivity index (χ3n) is 3.94. The summed E-state index contributed by atoms with van der Waals surface area (Å²) in [4.78, 5) is 0.221. The van der Waals surface area contributed by atoms with Gasteiger partial charge in [-0.1, -0.05) is 45.4 Å². The molecule has 0 saturated heterocycles. The first-order valence-corrected chi connectivity index (χ1v) is 7.89. The Labute approximate surface area is 116 Å². The third kappa shape index (κ3) is 2.98. The van der Waals surface area contributed by atoms with Crippen LogP contribution < -0.4 is 0 Å². The standard InChI is InChI=1S/C15H21NO2S/c1-11(2)15(4,5)14(10-16)19(17,18)13-8-6-12(3)7-9-13/h6-9,11,14H,1-5H3. The van der Waals surface area contributed by atoms with E-state index in [-0.39, 0.29) is 10.8 Å². The van der Waals surface area contributed by atoms with Gasteiger partial charge in [-0.15, -0.1) is 0 Å². The zero-order valence-corrected chi connectivity index (χ0v) is 13.0. The van der Waals surface area contributed by atoms with E-state index in [0.717, 1.165) is 5.56 Å². The fourth-order valence-corrected chi connectivity index (χ4v) is 3.80. The highest BCUT2D eigenvalue weighted by Crippen LogP contribution is 2.36. The van der Waals surface area contributed by atoms with Crippen molar-refractivity contribution in [2.45, 2.75) is 44.8 Å². The Morgan fingerprint density at radius 1 is 1.16 bits per heavy atom. The molecule has 0 aliphatic carbocycles. The molecule has 0 aliphatic rings. The molecule has 19 heavy (non-hydrogen) atoms. The molecule has 3 nitrogen and oxygen atoms in total. The van der Waals surface area contributed by atoms with Gasteiger partial charge in [0.1, 0.15) is 0 Å². The molecule has 1 aromatic carbocycles. The van der Waals surface area contributed by atoms with Crippen molar-refractivity contribution in [3.8, 4) is 6.07 Å². The van der Waals surface area contributed by atoms with Crippen molar-refractivity contribution in [1.29, 1.82) is 5.26 Å². The minimum Gasteiger partial charge on any atom is -0.222 e. The van der Waals surface area contributed by atoms with E-state index in [1.165, 1.54) is 0 Å². The summed E-state index contributed by atoms with van der Waals surface area (Å²) < 4.78 is 25.2. The van der Waals surface area contributed by atoms with E-state index in [4.69, 9.17) is 0 Å². The van der Waals surface area contributed by atoms with E-state index in [0.29, 0.717) is 0 Å². The summed E-state index contributed by atoms with van der Waals surface area (Å²) in [7, 11) is -3.63. The molecule has 1 aromatic rings. The molecular weight excluding hydrogens is 258 g/mol. The predicted octanol–water partition coefficient (Wildman–Crippen LogP) is 3.34. The van der Waals surface area contributed by atoms with Crippen molar-refractivity contribution < 1.29 is 8.42 Å². The van der Waals surface area contributed by atoms with Gasteiger partial charge < -0.3 is 0 Å². The summed E-state index contributed by atoms with van der Waals surface area (Å²) in [5.41, 5.74) is 0.397. The highest BCUT2D eigenvalue weighted by Gasteiger charge is 2.42. The van der Waals surface area contributed by atoms with E-state index >= 15 is 0 Å². The van der Waals surface area contributed by atoms with Gasteiger partial charge in [-0.05, 0) is 30.4 Å². The van der Waals surface area contributed by atoms with Crippen LogP contribution in [0.2, 0.25) is 0 Å². The van der Waals surface area contributed by atoms with Crippen molar-refractivity contribution in [3.63, 3.8) is 0 Å². The molecule has 0 N–H and O–H groups in total. The number of aryl methyl sites for hydroxylation is 1. The van der Waals surface area contributed by atoms with Crippen LogP contribution in [-0.2, 0) is 9.84 Å². The van der Waals surface area contributed by atoms with E-state index in [1.807, 2.05) is 40.7 Å². The number of rotatable bonds is 4. The van der Waals surface area contributed by atoms with Gasteiger partial charge in [-0.3, -0.25) is 0 Å². The molecule has 4 heteroatoms. The minimum atomic E-state index is -3.63. The van der Waals surface area contributed by atoms with E-state index in [2.05, 4.69) is 0 Å². The van der Waals surface area contributed by atoms with Gasteiger partial charge in [0.15, 0.2) is 15.1 Å². The maximum Gasteiger partial charge on any atom is 0.195 e. The molecule has 0 saturated carbocycles. The molecule has 0 radical (unpaired) electrons. The van der Waals surface area contributed by atoms with Crippen LogP contribution in [0.1, 0.15) is 33.3 Å². The SMILES string of the molecule is Cc1ccc(S(=O)(=O)C(C#N)C(C)(C)C(C)C)cc1. The van der Waals surface area contributed by atoms with E-state index in [1.54, 1.807) is 24.3 Å². The smallest absolute Gasteiger partial charge is 0.195 e. The number of sulfone groups is 1. The maximum absolute atomic E-state index is 12.6. The minimum absolute atomic E-state index is 0.0948. The number of hydrogen-bond acceptors (Lipinski definition) is 3. The Hall–Kier alpha value is -1.34. The molecule has 0 aromatic heterocycles. The lowest BCUT2D eigenvalue weighted by Gasteiger charge is -2.33. The van der Waals surface area contributed by atoms with Gasteiger partial charge in [0.2, 0.25) is 0 Å². The van der Waals surface area contributed by atoms with Crippen LogP contribution in [-0.4, -0.2) is 13.7 Å². The third-order valence-corrected chi connectivity index (χ3v) is 6.20. The average molecular weight is 279 g/mol. The first-order chi connectivity index (χ1) is 8.64. The number of benzene rings is 1. The van der Waals surface area contributed by atoms with Gasteiger partial charge in [-0.25, -0.2) is 8.42 Å². The molecule has 0 spiro atoms. The van der Waals surface area contributed by atoms with Gasteiger partial charge in [0.05, 0.1) is 11.0 Å². The van der Waals surface area contributed by atoms with Gasteiger partial charge in [0, 0.05) is 0 Å². The predicted molar refractivity (Wildman–Crippen MR) is 76.4 cm³/mol. The molecule has 0 aliphatic heterocycles. The number of nitriles is 1. The van der Waals surface area contributed by atoms with Crippen LogP contribution in [0, 0.1) is 29.6 Å². The van der Waals surface area contributed by atoms with Crippen molar-refractivity contribution in [3.05, 3.63) is 29.8 Å².